The molecule has 0 bridgehead atoms. The van der Waals surface area contributed by atoms with Gasteiger partial charge in [-0.3, -0.25) is 0 Å². The fraction of sp³-hybridized carbons (Fsp3) is 0.667. The van der Waals surface area contributed by atoms with Crippen LogP contribution in [0.3, 0.4) is 0 Å². The molecule has 0 aliphatic heterocycles. The van der Waals surface area contributed by atoms with Crippen molar-refractivity contribution in [3.63, 3.8) is 0 Å². The molecule has 1 heteroatoms. The average Bonchev–Trinajstić information content (AvgIpc) is 2.43. The van der Waals surface area contributed by atoms with Gasteiger partial charge in [0.05, 0.1) is 0 Å². The number of unbranched alkanes of at least 4 members (excludes halogenated alkanes) is 6. The van der Waals surface area contributed by atoms with E-state index in [0.29, 0.717) is 0 Å². The molecule has 0 spiro atoms. The lowest BCUT2D eigenvalue weighted by Crippen LogP contribution is -1.76. The summed E-state index contributed by atoms with van der Waals surface area (Å²) in [6.07, 6.45) is 25.9. The molecule has 0 aliphatic rings. The first kappa shape index (κ1) is 18.5. The number of halogens is 1. The molecule has 0 aliphatic carbocycles. The highest BCUT2D eigenvalue weighted by Gasteiger charge is 1.84. The second-order valence-corrected chi connectivity index (χ2v) is 5.30. The summed E-state index contributed by atoms with van der Waals surface area (Å²) >= 11 is 5.63. The van der Waals surface area contributed by atoms with E-state index >= 15 is 0 Å². The Labute approximate surface area is 125 Å². The predicted octanol–water partition coefficient (Wildman–Crippen LogP) is 6.81. The van der Waals surface area contributed by atoms with E-state index in [4.69, 9.17) is 11.6 Å². The van der Waals surface area contributed by atoms with Gasteiger partial charge in [0.15, 0.2) is 0 Å². The van der Waals surface area contributed by atoms with Gasteiger partial charge in [0.1, 0.15) is 0 Å². The van der Waals surface area contributed by atoms with Gasteiger partial charge in [-0.15, -0.1) is 11.6 Å². The quantitative estimate of drug-likeness (QED) is 0.198. The van der Waals surface area contributed by atoms with Crippen LogP contribution in [-0.4, -0.2) is 5.88 Å². The molecule has 0 atom stereocenters. The van der Waals surface area contributed by atoms with Gasteiger partial charge in [-0.1, -0.05) is 62.6 Å². The Hall–Kier alpha value is -0.490. The van der Waals surface area contributed by atoms with E-state index in [1.54, 1.807) is 0 Å². The average molecular weight is 283 g/mol. The minimum absolute atomic E-state index is 0.804. The highest BCUT2D eigenvalue weighted by molar-refractivity contribution is 6.17. The van der Waals surface area contributed by atoms with Gasteiger partial charge >= 0.3 is 0 Å². The van der Waals surface area contributed by atoms with Gasteiger partial charge in [0.2, 0.25) is 0 Å². The smallest absolute Gasteiger partial charge is 0.0223 e. The van der Waals surface area contributed by atoms with Crippen LogP contribution in [0, 0.1) is 0 Å². The monoisotopic (exact) mass is 282 g/mol. The normalized spacial score (nSPS) is 12.3. The van der Waals surface area contributed by atoms with Crippen molar-refractivity contribution in [3.05, 3.63) is 36.5 Å². The van der Waals surface area contributed by atoms with E-state index in [2.05, 4.69) is 43.4 Å². The highest BCUT2D eigenvalue weighted by Crippen LogP contribution is 2.03. The third-order valence-corrected chi connectivity index (χ3v) is 3.29. The lowest BCUT2D eigenvalue weighted by Gasteiger charge is -1.92. The summed E-state index contributed by atoms with van der Waals surface area (Å²) in [4.78, 5) is 0. The summed E-state index contributed by atoms with van der Waals surface area (Å²) in [7, 11) is 0. The van der Waals surface area contributed by atoms with Crippen LogP contribution in [0.5, 0.6) is 0 Å². The summed E-state index contributed by atoms with van der Waals surface area (Å²) in [6.45, 7) is 2.25. The maximum absolute atomic E-state index is 5.63. The van der Waals surface area contributed by atoms with Crippen molar-refractivity contribution in [1.82, 2.24) is 0 Å². The van der Waals surface area contributed by atoms with E-state index in [-0.39, 0.29) is 0 Å². The molecule has 110 valence electrons. The van der Waals surface area contributed by atoms with Crippen molar-refractivity contribution in [2.45, 2.75) is 71.1 Å². The predicted molar refractivity (Wildman–Crippen MR) is 90.0 cm³/mol. The number of hydrogen-bond acceptors (Lipinski definition) is 0. The van der Waals surface area contributed by atoms with Crippen LogP contribution in [0.2, 0.25) is 0 Å². The van der Waals surface area contributed by atoms with Crippen molar-refractivity contribution in [2.24, 2.45) is 0 Å². The fourth-order valence-corrected chi connectivity index (χ4v) is 2.01. The van der Waals surface area contributed by atoms with E-state index in [0.717, 1.165) is 25.1 Å². The second kappa shape index (κ2) is 17.5. The maximum atomic E-state index is 5.63. The molecule has 0 fully saturated rings. The molecule has 0 radical (unpaired) electrons. The van der Waals surface area contributed by atoms with E-state index in [9.17, 15) is 0 Å². The summed E-state index contributed by atoms with van der Waals surface area (Å²) in [5.74, 6) is 0.804. The van der Waals surface area contributed by atoms with E-state index in [1.165, 1.54) is 44.9 Å². The number of hydrogen-bond donors (Lipinski definition) is 0. The molecule has 0 saturated carbocycles. The molecule has 0 rings (SSSR count). The topological polar surface area (TPSA) is 0 Å². The van der Waals surface area contributed by atoms with Gasteiger partial charge in [0.25, 0.3) is 0 Å². The van der Waals surface area contributed by atoms with Crippen LogP contribution in [-0.2, 0) is 0 Å². The Bertz CT molecular complexity index is 238. The third kappa shape index (κ3) is 17.5. The zero-order valence-corrected chi connectivity index (χ0v) is 13.4. The Balaban J connectivity index is 3.26. The summed E-state index contributed by atoms with van der Waals surface area (Å²) in [6, 6.07) is 0. The van der Waals surface area contributed by atoms with Crippen LogP contribution < -0.4 is 0 Å². The van der Waals surface area contributed by atoms with Crippen LogP contribution in [0.1, 0.15) is 71.1 Å². The van der Waals surface area contributed by atoms with Crippen molar-refractivity contribution in [2.75, 3.05) is 5.88 Å². The van der Waals surface area contributed by atoms with Crippen LogP contribution in [0.4, 0.5) is 0 Å². The van der Waals surface area contributed by atoms with Crippen LogP contribution in [0.25, 0.3) is 0 Å². The maximum Gasteiger partial charge on any atom is 0.0223 e. The number of rotatable bonds is 13. The molecular weight excluding hydrogens is 252 g/mol. The summed E-state index contributed by atoms with van der Waals surface area (Å²) in [5.41, 5.74) is 0. The number of alkyl halides is 1. The molecule has 19 heavy (non-hydrogen) atoms. The molecule has 0 aromatic rings. The van der Waals surface area contributed by atoms with Gasteiger partial charge < -0.3 is 0 Å². The third-order valence-electron chi connectivity index (χ3n) is 3.02. The summed E-state index contributed by atoms with van der Waals surface area (Å²) in [5, 5.41) is 0. The van der Waals surface area contributed by atoms with Gasteiger partial charge in [-0.05, 0) is 44.9 Å². The largest absolute Gasteiger partial charge is 0.127 e. The van der Waals surface area contributed by atoms with Crippen molar-refractivity contribution < 1.29 is 0 Å². The van der Waals surface area contributed by atoms with Gasteiger partial charge in [-0.2, -0.15) is 0 Å². The van der Waals surface area contributed by atoms with Crippen molar-refractivity contribution in [3.8, 4) is 0 Å². The van der Waals surface area contributed by atoms with E-state index in [1.807, 2.05) is 0 Å². The Morgan fingerprint density at radius 2 is 1.16 bits per heavy atom. The minimum atomic E-state index is 0.804. The van der Waals surface area contributed by atoms with Crippen LogP contribution in [0.15, 0.2) is 36.5 Å². The molecule has 0 aromatic heterocycles. The summed E-state index contributed by atoms with van der Waals surface area (Å²) < 4.78 is 0. The first-order valence-electron chi connectivity index (χ1n) is 7.92. The van der Waals surface area contributed by atoms with Crippen LogP contribution >= 0.6 is 11.6 Å². The molecular formula is C18H31Cl. The van der Waals surface area contributed by atoms with E-state index < -0.39 is 0 Å². The van der Waals surface area contributed by atoms with Crippen molar-refractivity contribution in [1.29, 1.82) is 0 Å². The van der Waals surface area contributed by atoms with Crippen molar-refractivity contribution >= 4 is 11.6 Å². The van der Waals surface area contributed by atoms with Gasteiger partial charge in [-0.25, -0.2) is 0 Å². The molecule has 0 aromatic carbocycles. The standard InChI is InChI=1S/C18H31Cl/c1-2-3-4-5-6-7-8-9-10-11-12-13-14-15-16-17-18-19/h6-7,9-10,12-13H,2-5,8,11,14-18H2,1H3/b7-6-,10-9-,13-12-. The fourth-order valence-electron chi connectivity index (χ4n) is 1.82. The molecule has 0 nitrogen and oxygen atoms in total. The zero-order valence-electron chi connectivity index (χ0n) is 12.6. The Kier molecular flexibility index (Phi) is 17.1. The lowest BCUT2D eigenvalue weighted by molar-refractivity contribution is 0.728. The Morgan fingerprint density at radius 3 is 1.68 bits per heavy atom. The second-order valence-electron chi connectivity index (χ2n) is 4.92. The molecule has 0 amide bonds. The molecule has 0 N–H and O–H groups in total. The SMILES string of the molecule is CCCCC/C=C\C/C=C\C/C=C\CCCCCCl. The highest BCUT2D eigenvalue weighted by atomic mass is 35.5. The Morgan fingerprint density at radius 1 is 0.632 bits per heavy atom. The van der Waals surface area contributed by atoms with Gasteiger partial charge in [0, 0.05) is 5.88 Å². The minimum Gasteiger partial charge on any atom is -0.127 e. The molecule has 0 heterocycles. The number of allylic oxidation sites excluding steroid dienone is 6. The first-order chi connectivity index (χ1) is 9.41. The lowest BCUT2D eigenvalue weighted by atomic mass is 10.2. The zero-order chi connectivity index (χ0) is 14.0. The first-order valence-corrected chi connectivity index (χ1v) is 8.46. The molecule has 0 saturated heterocycles. The molecule has 0 unspecified atom stereocenters.